The summed E-state index contributed by atoms with van der Waals surface area (Å²) in [5.74, 6) is -1.47. The molecule has 2 aromatic rings. The first kappa shape index (κ1) is 18.0. The van der Waals surface area contributed by atoms with E-state index in [4.69, 9.17) is 4.74 Å². The zero-order valence-electron chi connectivity index (χ0n) is 13.8. The van der Waals surface area contributed by atoms with E-state index >= 15 is 0 Å². The Kier molecular flexibility index (Phi) is 5.28. The number of phenolic OH excluding ortho intramolecular Hbond substituents is 1. The van der Waals surface area contributed by atoms with Crippen LogP contribution in [0.4, 0.5) is 5.69 Å². The Labute approximate surface area is 147 Å². The van der Waals surface area contributed by atoms with Crippen LogP contribution in [0, 0.1) is 13.8 Å². The first-order valence-corrected chi connectivity index (χ1v) is 8.00. The number of nitrogens with zero attached hydrogens (tertiary/aromatic N) is 2. The maximum atomic E-state index is 12.2. The lowest BCUT2D eigenvalue weighted by molar-refractivity contribution is -0.123. The van der Waals surface area contributed by atoms with Crippen molar-refractivity contribution >= 4 is 33.5 Å². The lowest BCUT2D eigenvalue weighted by Gasteiger charge is -2.14. The Morgan fingerprint density at radius 3 is 2.62 bits per heavy atom. The van der Waals surface area contributed by atoms with E-state index in [1.165, 1.54) is 19.1 Å². The molecule has 0 aliphatic rings. The quantitative estimate of drug-likeness (QED) is 0.776. The number of rotatable bonds is 4. The number of aromatic nitrogens is 2. The van der Waals surface area contributed by atoms with E-state index in [-0.39, 0.29) is 11.3 Å². The minimum atomic E-state index is -1.03. The van der Waals surface area contributed by atoms with Crippen molar-refractivity contribution in [2.24, 2.45) is 7.05 Å². The molecule has 1 atom stereocenters. The van der Waals surface area contributed by atoms with Gasteiger partial charge in [0.15, 0.2) is 6.10 Å². The second-order valence-corrected chi connectivity index (χ2v) is 6.28. The number of halogens is 1. The third kappa shape index (κ3) is 3.76. The van der Waals surface area contributed by atoms with Gasteiger partial charge in [0, 0.05) is 11.5 Å². The van der Waals surface area contributed by atoms with Gasteiger partial charge in [0.1, 0.15) is 11.3 Å². The SMILES string of the molecule is Cc1nn(C)c(C)c1NC(=O)[C@H](C)OC(=O)c1cc(Br)ccc1O. The van der Waals surface area contributed by atoms with Crippen molar-refractivity contribution < 1.29 is 19.4 Å². The lowest BCUT2D eigenvalue weighted by Crippen LogP contribution is -2.30. The highest BCUT2D eigenvalue weighted by atomic mass is 79.9. The number of amides is 1. The number of ether oxygens (including phenoxy) is 1. The predicted molar refractivity (Wildman–Crippen MR) is 92.0 cm³/mol. The predicted octanol–water partition coefficient (Wildman–Crippen LogP) is 2.69. The van der Waals surface area contributed by atoms with Gasteiger partial charge >= 0.3 is 5.97 Å². The number of phenols is 1. The molecule has 0 radical (unpaired) electrons. The second kappa shape index (κ2) is 7.04. The molecule has 1 heterocycles. The van der Waals surface area contributed by atoms with Crippen LogP contribution >= 0.6 is 15.9 Å². The van der Waals surface area contributed by atoms with E-state index in [0.717, 1.165) is 5.69 Å². The Morgan fingerprint density at radius 1 is 1.38 bits per heavy atom. The van der Waals surface area contributed by atoms with Crippen LogP contribution in [-0.2, 0) is 16.6 Å². The van der Waals surface area contributed by atoms with Crippen LogP contribution in [0.2, 0.25) is 0 Å². The largest absolute Gasteiger partial charge is 0.507 e. The molecule has 0 spiro atoms. The monoisotopic (exact) mass is 395 g/mol. The first-order chi connectivity index (χ1) is 11.2. The lowest BCUT2D eigenvalue weighted by atomic mass is 10.2. The normalized spacial score (nSPS) is 11.9. The zero-order valence-corrected chi connectivity index (χ0v) is 15.3. The second-order valence-electron chi connectivity index (χ2n) is 5.37. The Balaban J connectivity index is 2.08. The van der Waals surface area contributed by atoms with Crippen molar-refractivity contribution in [3.8, 4) is 5.75 Å². The third-order valence-electron chi connectivity index (χ3n) is 3.59. The van der Waals surface area contributed by atoms with Gasteiger partial charge in [0.05, 0.1) is 17.1 Å². The van der Waals surface area contributed by atoms with Gasteiger partial charge in [0.2, 0.25) is 0 Å². The fourth-order valence-corrected chi connectivity index (χ4v) is 2.49. The standard InChI is InChI=1S/C16H18BrN3O4/c1-8-14(9(2)20(4)19-8)18-15(22)10(3)24-16(23)12-7-11(17)5-6-13(12)21/h5-7,10,21H,1-4H3,(H,18,22)/t10-/m0/s1. The zero-order chi connectivity index (χ0) is 18.0. The topological polar surface area (TPSA) is 93.5 Å². The van der Waals surface area contributed by atoms with Gasteiger partial charge in [-0.3, -0.25) is 9.48 Å². The number of hydrogen-bond donors (Lipinski definition) is 2. The van der Waals surface area contributed by atoms with Gasteiger partial charge in [-0.25, -0.2) is 4.79 Å². The summed E-state index contributed by atoms with van der Waals surface area (Å²) < 4.78 is 7.40. The number of esters is 1. The van der Waals surface area contributed by atoms with Crippen LogP contribution in [0.25, 0.3) is 0 Å². The average Bonchev–Trinajstić information content (AvgIpc) is 2.75. The van der Waals surface area contributed by atoms with Crippen LogP contribution in [0.15, 0.2) is 22.7 Å². The van der Waals surface area contributed by atoms with E-state index in [0.29, 0.717) is 15.9 Å². The van der Waals surface area contributed by atoms with Crippen molar-refractivity contribution in [3.63, 3.8) is 0 Å². The maximum absolute atomic E-state index is 12.2. The fraction of sp³-hybridized carbons (Fsp3) is 0.312. The Bertz CT molecular complexity index is 801. The minimum absolute atomic E-state index is 0.0160. The molecule has 2 N–H and O–H groups in total. The first-order valence-electron chi connectivity index (χ1n) is 7.21. The molecular weight excluding hydrogens is 378 g/mol. The summed E-state index contributed by atoms with van der Waals surface area (Å²) in [6, 6.07) is 4.39. The minimum Gasteiger partial charge on any atom is -0.507 e. The molecule has 7 nitrogen and oxygen atoms in total. The van der Waals surface area contributed by atoms with Gasteiger partial charge in [-0.05, 0) is 39.0 Å². The Morgan fingerprint density at radius 2 is 2.04 bits per heavy atom. The summed E-state index contributed by atoms with van der Waals surface area (Å²) in [5, 5.41) is 16.7. The van der Waals surface area contributed by atoms with E-state index in [1.54, 1.807) is 24.7 Å². The molecule has 1 amide bonds. The smallest absolute Gasteiger partial charge is 0.342 e. The van der Waals surface area contributed by atoms with Crippen molar-refractivity contribution in [1.82, 2.24) is 9.78 Å². The van der Waals surface area contributed by atoms with Gasteiger partial charge in [-0.1, -0.05) is 15.9 Å². The molecule has 1 aromatic heterocycles. The molecule has 0 saturated carbocycles. The highest BCUT2D eigenvalue weighted by Gasteiger charge is 2.23. The van der Waals surface area contributed by atoms with E-state index in [1.807, 2.05) is 6.92 Å². The van der Waals surface area contributed by atoms with Gasteiger partial charge in [0.25, 0.3) is 5.91 Å². The number of carbonyl (C=O) groups is 2. The molecule has 0 saturated heterocycles. The number of benzene rings is 1. The van der Waals surface area contributed by atoms with E-state index in [9.17, 15) is 14.7 Å². The maximum Gasteiger partial charge on any atom is 0.342 e. The number of hydrogen-bond acceptors (Lipinski definition) is 5. The van der Waals surface area contributed by atoms with Crippen molar-refractivity contribution in [3.05, 3.63) is 39.6 Å². The van der Waals surface area contributed by atoms with Gasteiger partial charge in [-0.2, -0.15) is 5.10 Å². The van der Waals surface area contributed by atoms with Crippen LogP contribution in [0.3, 0.4) is 0 Å². The highest BCUT2D eigenvalue weighted by Crippen LogP contribution is 2.23. The summed E-state index contributed by atoms with van der Waals surface area (Å²) in [6.07, 6.45) is -1.03. The van der Waals surface area contributed by atoms with Gasteiger partial charge < -0.3 is 15.2 Å². The van der Waals surface area contributed by atoms with Gasteiger partial charge in [-0.15, -0.1) is 0 Å². The number of anilines is 1. The highest BCUT2D eigenvalue weighted by molar-refractivity contribution is 9.10. The average molecular weight is 396 g/mol. The van der Waals surface area contributed by atoms with Crippen molar-refractivity contribution in [1.29, 1.82) is 0 Å². The summed E-state index contributed by atoms with van der Waals surface area (Å²) in [4.78, 5) is 24.4. The van der Waals surface area contributed by atoms with Crippen LogP contribution in [0.5, 0.6) is 5.75 Å². The molecule has 8 heteroatoms. The fourth-order valence-electron chi connectivity index (χ4n) is 2.13. The number of aromatic hydroxyl groups is 1. The number of nitrogens with one attached hydrogen (secondary N) is 1. The summed E-state index contributed by atoms with van der Waals surface area (Å²) >= 11 is 3.21. The van der Waals surface area contributed by atoms with Crippen molar-refractivity contribution in [2.45, 2.75) is 26.9 Å². The molecule has 0 unspecified atom stereocenters. The molecule has 2 rings (SSSR count). The molecular formula is C16H18BrN3O4. The molecule has 24 heavy (non-hydrogen) atoms. The number of carbonyl (C=O) groups excluding carboxylic acids is 2. The summed E-state index contributed by atoms with van der Waals surface area (Å²) in [7, 11) is 1.78. The van der Waals surface area contributed by atoms with Crippen molar-refractivity contribution in [2.75, 3.05) is 5.32 Å². The molecule has 0 aliphatic heterocycles. The van der Waals surface area contributed by atoms with Crippen LogP contribution in [-0.4, -0.2) is 32.9 Å². The third-order valence-corrected chi connectivity index (χ3v) is 4.08. The Hall–Kier alpha value is -2.35. The molecule has 0 fully saturated rings. The summed E-state index contributed by atoms with van der Waals surface area (Å²) in [5.41, 5.74) is 2.05. The summed E-state index contributed by atoms with van der Waals surface area (Å²) in [6.45, 7) is 5.06. The van der Waals surface area contributed by atoms with Crippen LogP contribution in [0.1, 0.15) is 28.7 Å². The molecule has 0 bridgehead atoms. The van der Waals surface area contributed by atoms with E-state index < -0.39 is 18.0 Å². The van der Waals surface area contributed by atoms with Crippen LogP contribution < -0.4 is 5.32 Å². The molecule has 1 aromatic carbocycles. The molecule has 128 valence electrons. The van der Waals surface area contributed by atoms with E-state index in [2.05, 4.69) is 26.3 Å². The number of aryl methyl sites for hydroxylation is 2. The molecule has 0 aliphatic carbocycles.